The molecular weight excluding hydrogens is 429 g/mol. The summed E-state index contributed by atoms with van der Waals surface area (Å²) in [6.45, 7) is 5.18. The number of rotatable bonds is 7. The zero-order valence-electron chi connectivity index (χ0n) is 17.6. The standard InChI is InChI=1S/C20H21F3N6O3/c1-12-17(29(31)32)11-27(25-12)8-7-18(30)24-19-13(2)26-28(14(19)3)10-15-5-4-6-16(9-15)20(21,22)23/h4-6,9,11H,7-8,10H2,1-3H3,(H,24,30). The van der Waals surface area contributed by atoms with Gasteiger partial charge in [0.25, 0.3) is 0 Å². The average Bonchev–Trinajstić information content (AvgIpc) is 3.20. The maximum Gasteiger partial charge on any atom is 0.416 e. The van der Waals surface area contributed by atoms with Crippen LogP contribution in [0, 0.1) is 30.9 Å². The number of carbonyl (C=O) groups is 1. The van der Waals surface area contributed by atoms with Crippen LogP contribution in [-0.4, -0.2) is 30.4 Å². The van der Waals surface area contributed by atoms with Crippen LogP contribution in [0.5, 0.6) is 0 Å². The van der Waals surface area contributed by atoms with Crippen molar-refractivity contribution in [1.82, 2.24) is 19.6 Å². The first-order chi connectivity index (χ1) is 15.0. The fraction of sp³-hybridized carbons (Fsp3) is 0.350. The van der Waals surface area contributed by atoms with Crippen molar-refractivity contribution in [2.45, 2.75) is 46.5 Å². The van der Waals surface area contributed by atoms with Crippen LogP contribution < -0.4 is 5.32 Å². The summed E-state index contributed by atoms with van der Waals surface area (Å²) >= 11 is 0. The van der Waals surface area contributed by atoms with Crippen molar-refractivity contribution >= 4 is 17.3 Å². The van der Waals surface area contributed by atoms with Crippen LogP contribution in [0.4, 0.5) is 24.5 Å². The van der Waals surface area contributed by atoms with E-state index in [1.165, 1.54) is 28.6 Å². The average molecular weight is 450 g/mol. The number of benzene rings is 1. The summed E-state index contributed by atoms with van der Waals surface area (Å²) in [7, 11) is 0. The molecule has 0 saturated heterocycles. The number of carbonyl (C=O) groups excluding carboxylic acids is 1. The summed E-state index contributed by atoms with van der Waals surface area (Å²) in [4.78, 5) is 22.8. The van der Waals surface area contributed by atoms with E-state index in [1.807, 2.05) is 0 Å². The highest BCUT2D eigenvalue weighted by Gasteiger charge is 2.30. The highest BCUT2D eigenvalue weighted by molar-refractivity contribution is 5.91. The predicted molar refractivity (Wildman–Crippen MR) is 109 cm³/mol. The molecular formula is C20H21F3N6O3. The zero-order valence-corrected chi connectivity index (χ0v) is 17.6. The highest BCUT2D eigenvalue weighted by atomic mass is 19.4. The number of halogens is 3. The van der Waals surface area contributed by atoms with Crippen molar-refractivity contribution in [2.75, 3.05) is 5.32 Å². The molecule has 0 saturated carbocycles. The Bertz CT molecular complexity index is 1170. The van der Waals surface area contributed by atoms with E-state index >= 15 is 0 Å². The Morgan fingerprint density at radius 2 is 1.91 bits per heavy atom. The molecule has 0 aliphatic heterocycles. The van der Waals surface area contributed by atoms with Crippen LogP contribution in [-0.2, 0) is 24.1 Å². The molecule has 2 heterocycles. The Morgan fingerprint density at radius 3 is 2.53 bits per heavy atom. The summed E-state index contributed by atoms with van der Waals surface area (Å²) in [5, 5.41) is 22.0. The topological polar surface area (TPSA) is 108 Å². The lowest BCUT2D eigenvalue weighted by molar-refractivity contribution is -0.385. The number of aromatic nitrogens is 4. The van der Waals surface area contributed by atoms with Crippen molar-refractivity contribution < 1.29 is 22.9 Å². The molecule has 1 amide bonds. The number of hydrogen-bond acceptors (Lipinski definition) is 5. The summed E-state index contributed by atoms with van der Waals surface area (Å²) in [6.07, 6.45) is -3.14. The van der Waals surface area contributed by atoms with Crippen molar-refractivity contribution in [3.63, 3.8) is 0 Å². The number of nitrogens with zero attached hydrogens (tertiary/aromatic N) is 5. The number of aryl methyl sites for hydroxylation is 3. The summed E-state index contributed by atoms with van der Waals surface area (Å²) in [5.41, 5.74) is 1.43. The third kappa shape index (κ3) is 5.13. The first-order valence-electron chi connectivity index (χ1n) is 9.64. The quantitative estimate of drug-likeness (QED) is 0.432. The van der Waals surface area contributed by atoms with Gasteiger partial charge in [-0.2, -0.15) is 23.4 Å². The molecule has 12 heteroatoms. The molecule has 32 heavy (non-hydrogen) atoms. The number of hydrogen-bond donors (Lipinski definition) is 1. The Hall–Kier alpha value is -3.70. The van der Waals surface area contributed by atoms with Crippen molar-refractivity contribution in [3.8, 4) is 0 Å². The molecule has 0 radical (unpaired) electrons. The Balaban J connectivity index is 1.68. The predicted octanol–water partition coefficient (Wildman–Crippen LogP) is 4.01. The number of alkyl halides is 3. The minimum absolute atomic E-state index is 0.0238. The number of nitrogens with one attached hydrogen (secondary N) is 1. The van der Waals surface area contributed by atoms with Gasteiger partial charge in [0.05, 0.1) is 34.1 Å². The fourth-order valence-electron chi connectivity index (χ4n) is 3.27. The van der Waals surface area contributed by atoms with Gasteiger partial charge in [0.15, 0.2) is 0 Å². The zero-order chi connectivity index (χ0) is 23.6. The number of anilines is 1. The van der Waals surface area contributed by atoms with Crippen LogP contribution in [0.15, 0.2) is 30.5 Å². The van der Waals surface area contributed by atoms with E-state index in [2.05, 4.69) is 15.5 Å². The van der Waals surface area contributed by atoms with Crippen LogP contribution in [0.2, 0.25) is 0 Å². The van der Waals surface area contributed by atoms with Crippen LogP contribution >= 0.6 is 0 Å². The van der Waals surface area contributed by atoms with Gasteiger partial charge in [0.1, 0.15) is 11.9 Å². The Labute approximate surface area is 181 Å². The van der Waals surface area contributed by atoms with Gasteiger partial charge in [0, 0.05) is 13.0 Å². The molecule has 3 aromatic rings. The van der Waals surface area contributed by atoms with Gasteiger partial charge in [-0.1, -0.05) is 12.1 Å². The van der Waals surface area contributed by atoms with E-state index in [-0.39, 0.29) is 36.8 Å². The maximum atomic E-state index is 12.9. The highest BCUT2D eigenvalue weighted by Crippen LogP contribution is 2.30. The minimum atomic E-state index is -4.43. The first kappa shape index (κ1) is 23.0. The molecule has 1 N–H and O–H groups in total. The second kappa shape index (κ2) is 8.81. The molecule has 0 unspecified atom stereocenters. The number of amides is 1. The van der Waals surface area contributed by atoms with Gasteiger partial charge in [-0.15, -0.1) is 0 Å². The lowest BCUT2D eigenvalue weighted by Crippen LogP contribution is -2.16. The Morgan fingerprint density at radius 1 is 1.19 bits per heavy atom. The van der Waals surface area contributed by atoms with Crippen LogP contribution in [0.25, 0.3) is 0 Å². The van der Waals surface area contributed by atoms with Crippen molar-refractivity contribution in [1.29, 1.82) is 0 Å². The van der Waals surface area contributed by atoms with E-state index in [4.69, 9.17) is 0 Å². The third-order valence-electron chi connectivity index (χ3n) is 4.92. The van der Waals surface area contributed by atoms with Gasteiger partial charge in [-0.3, -0.25) is 24.3 Å². The van der Waals surface area contributed by atoms with Crippen molar-refractivity contribution in [2.24, 2.45) is 0 Å². The monoisotopic (exact) mass is 450 g/mol. The number of nitro groups is 1. The van der Waals surface area contributed by atoms with Gasteiger partial charge >= 0.3 is 11.9 Å². The minimum Gasteiger partial charge on any atom is -0.323 e. The second-order valence-electron chi connectivity index (χ2n) is 7.32. The molecule has 3 rings (SSSR count). The third-order valence-corrected chi connectivity index (χ3v) is 4.92. The molecule has 0 aliphatic rings. The largest absolute Gasteiger partial charge is 0.416 e. The molecule has 170 valence electrons. The smallest absolute Gasteiger partial charge is 0.323 e. The lowest BCUT2D eigenvalue weighted by Gasteiger charge is -2.10. The summed E-state index contributed by atoms with van der Waals surface area (Å²) in [5.74, 6) is -0.342. The molecule has 0 aliphatic carbocycles. The molecule has 0 bridgehead atoms. The molecule has 1 aromatic carbocycles. The van der Waals surface area contributed by atoms with Crippen LogP contribution in [0.1, 0.15) is 34.6 Å². The molecule has 2 aromatic heterocycles. The molecule has 0 atom stereocenters. The van der Waals surface area contributed by atoms with Gasteiger partial charge in [-0.25, -0.2) is 0 Å². The van der Waals surface area contributed by atoms with E-state index in [1.54, 1.807) is 19.9 Å². The van der Waals surface area contributed by atoms with E-state index < -0.39 is 16.7 Å². The molecule has 9 nitrogen and oxygen atoms in total. The van der Waals surface area contributed by atoms with Crippen molar-refractivity contribution in [3.05, 3.63) is 68.8 Å². The van der Waals surface area contributed by atoms with E-state index in [0.29, 0.717) is 22.6 Å². The maximum absolute atomic E-state index is 12.9. The Kier molecular flexibility index (Phi) is 6.32. The normalized spacial score (nSPS) is 11.6. The summed E-state index contributed by atoms with van der Waals surface area (Å²) in [6, 6.07) is 5.00. The second-order valence-corrected chi connectivity index (χ2v) is 7.32. The van der Waals surface area contributed by atoms with Gasteiger partial charge in [-0.05, 0) is 38.5 Å². The SMILES string of the molecule is Cc1nn(CCC(=O)Nc2c(C)nn(Cc3cccc(C(F)(F)F)c3)c2C)cc1[N+](=O)[O-]. The fourth-order valence-corrected chi connectivity index (χ4v) is 3.27. The first-order valence-corrected chi connectivity index (χ1v) is 9.64. The van der Waals surface area contributed by atoms with Gasteiger partial charge in [0.2, 0.25) is 5.91 Å². The van der Waals surface area contributed by atoms with E-state index in [0.717, 1.165) is 12.1 Å². The van der Waals surface area contributed by atoms with Gasteiger partial charge < -0.3 is 5.32 Å². The molecule has 0 spiro atoms. The summed E-state index contributed by atoms with van der Waals surface area (Å²) < 4.78 is 41.7. The lowest BCUT2D eigenvalue weighted by atomic mass is 10.1. The van der Waals surface area contributed by atoms with Crippen LogP contribution in [0.3, 0.4) is 0 Å². The molecule has 0 fully saturated rings. The van der Waals surface area contributed by atoms with E-state index in [9.17, 15) is 28.1 Å².